The summed E-state index contributed by atoms with van der Waals surface area (Å²) in [6.45, 7) is 2.52. The number of fused-ring (bicyclic) bond motifs is 1. The van der Waals surface area contributed by atoms with E-state index in [1.165, 1.54) is 12.3 Å². The van der Waals surface area contributed by atoms with Crippen LogP contribution in [0.5, 0.6) is 0 Å². The first-order valence-corrected chi connectivity index (χ1v) is 9.89. The summed E-state index contributed by atoms with van der Waals surface area (Å²) in [5.41, 5.74) is 7.66. The fraction of sp³-hybridized carbons (Fsp3) is 0.250. The van der Waals surface area contributed by atoms with E-state index in [0.29, 0.717) is 60.6 Å². The molecule has 0 unspecified atom stereocenters. The van der Waals surface area contributed by atoms with Gasteiger partial charge in [-0.15, -0.1) is 0 Å². The molecule has 31 heavy (non-hydrogen) atoms. The lowest BCUT2D eigenvalue weighted by Crippen LogP contribution is -2.36. The average Bonchev–Trinajstić information content (AvgIpc) is 3.20. The maximum absolute atomic E-state index is 12.8. The minimum Gasteiger partial charge on any atom is -0.422 e. The molecule has 1 aliphatic heterocycles. The Morgan fingerprint density at radius 1 is 1.29 bits per heavy atom. The average molecular weight is 442 g/mol. The van der Waals surface area contributed by atoms with Gasteiger partial charge in [-0.2, -0.15) is 4.98 Å². The van der Waals surface area contributed by atoms with E-state index in [9.17, 15) is 4.79 Å². The number of anilines is 2. The van der Waals surface area contributed by atoms with Crippen LogP contribution in [0.1, 0.15) is 16.1 Å². The number of allylic oxidation sites excluding steroid dienone is 1. The summed E-state index contributed by atoms with van der Waals surface area (Å²) >= 11 is 6.25. The Bertz CT molecular complexity index is 1170. The van der Waals surface area contributed by atoms with E-state index in [1.807, 2.05) is 4.90 Å². The van der Waals surface area contributed by atoms with Crippen molar-refractivity contribution in [1.82, 2.24) is 15.0 Å². The van der Waals surface area contributed by atoms with Crippen LogP contribution in [0.2, 0.25) is 5.15 Å². The monoisotopic (exact) mass is 441 g/mol. The Hall–Kier alpha value is -3.50. The van der Waals surface area contributed by atoms with Gasteiger partial charge in [0.2, 0.25) is 5.65 Å². The molecule has 3 aromatic heterocycles. The van der Waals surface area contributed by atoms with Crippen LogP contribution in [0.4, 0.5) is 11.8 Å². The fourth-order valence-corrected chi connectivity index (χ4v) is 3.28. The summed E-state index contributed by atoms with van der Waals surface area (Å²) in [5, 5.41) is 2.74. The molecule has 160 valence electrons. The largest absolute Gasteiger partial charge is 0.422 e. The number of rotatable bonds is 5. The van der Waals surface area contributed by atoms with Crippen molar-refractivity contribution in [2.75, 3.05) is 43.6 Å². The van der Waals surface area contributed by atoms with Gasteiger partial charge in [-0.3, -0.25) is 9.79 Å². The Balaban J connectivity index is 1.58. The molecule has 1 fully saturated rings. The molecule has 1 aliphatic rings. The second-order valence-corrected chi connectivity index (χ2v) is 6.97. The minimum absolute atomic E-state index is 0.0173. The highest BCUT2D eigenvalue weighted by Crippen LogP contribution is 2.26. The van der Waals surface area contributed by atoms with Gasteiger partial charge in [0.25, 0.3) is 11.9 Å². The van der Waals surface area contributed by atoms with Crippen molar-refractivity contribution in [3.05, 3.63) is 46.9 Å². The molecule has 4 rings (SSSR count). The van der Waals surface area contributed by atoms with Gasteiger partial charge in [-0.1, -0.05) is 17.7 Å². The molecule has 11 heteroatoms. The van der Waals surface area contributed by atoms with Crippen LogP contribution in [0.15, 0.2) is 39.9 Å². The van der Waals surface area contributed by atoms with Gasteiger partial charge in [0.15, 0.2) is 5.58 Å². The molecule has 0 spiro atoms. The zero-order chi connectivity index (χ0) is 21.8. The van der Waals surface area contributed by atoms with Crippen molar-refractivity contribution in [3.63, 3.8) is 0 Å². The van der Waals surface area contributed by atoms with Gasteiger partial charge >= 0.3 is 0 Å². The molecule has 1 amide bonds. The number of hydrogen-bond acceptors (Lipinski definition) is 9. The number of hydrogen-bond donors (Lipinski definition) is 2. The molecule has 0 saturated carbocycles. The quantitative estimate of drug-likeness (QED) is 0.455. The number of oxazole rings is 1. The van der Waals surface area contributed by atoms with E-state index in [0.717, 1.165) is 0 Å². The van der Waals surface area contributed by atoms with Gasteiger partial charge in [-0.25, -0.2) is 9.97 Å². The van der Waals surface area contributed by atoms with Crippen LogP contribution in [0.25, 0.3) is 16.8 Å². The number of halogens is 1. The summed E-state index contributed by atoms with van der Waals surface area (Å²) in [5.74, 6) is -0.148. The maximum Gasteiger partial charge on any atom is 0.300 e. The molecular weight excluding hydrogens is 422 g/mol. The highest BCUT2D eigenvalue weighted by Gasteiger charge is 2.21. The lowest BCUT2D eigenvalue weighted by atomic mass is 10.2. The van der Waals surface area contributed by atoms with Crippen LogP contribution in [0, 0.1) is 0 Å². The number of carbonyl (C=O) groups excluding carboxylic acids is 1. The number of aliphatic imine (C=N–C) groups is 1. The number of carbonyl (C=O) groups is 1. The number of ether oxygens (including phenoxy) is 1. The molecule has 0 aromatic carbocycles. The third-order valence-corrected chi connectivity index (χ3v) is 4.87. The number of nitrogens with one attached hydrogen (secondary N) is 1. The van der Waals surface area contributed by atoms with E-state index in [1.54, 1.807) is 31.5 Å². The third kappa shape index (κ3) is 4.49. The summed E-state index contributed by atoms with van der Waals surface area (Å²) < 4.78 is 11.1. The Morgan fingerprint density at radius 2 is 2.10 bits per heavy atom. The topological polar surface area (TPSA) is 132 Å². The number of aromatic nitrogens is 3. The van der Waals surface area contributed by atoms with Crippen molar-refractivity contribution >= 4 is 52.4 Å². The molecule has 3 aromatic rings. The summed E-state index contributed by atoms with van der Waals surface area (Å²) in [6, 6.07) is 7.11. The van der Waals surface area contributed by atoms with E-state index in [2.05, 4.69) is 25.3 Å². The highest BCUT2D eigenvalue weighted by molar-refractivity contribution is 6.33. The maximum atomic E-state index is 12.8. The third-order valence-electron chi connectivity index (χ3n) is 4.59. The Labute approximate surface area is 182 Å². The first-order valence-electron chi connectivity index (χ1n) is 9.51. The van der Waals surface area contributed by atoms with Crippen molar-refractivity contribution in [3.8, 4) is 0 Å². The van der Waals surface area contributed by atoms with Gasteiger partial charge in [0, 0.05) is 44.2 Å². The van der Waals surface area contributed by atoms with Crippen LogP contribution in [0.3, 0.4) is 0 Å². The molecular formula is C20H20ClN7O3. The normalized spacial score (nSPS) is 15.0. The number of amides is 1. The number of nitrogens with zero attached hydrogens (tertiary/aromatic N) is 5. The van der Waals surface area contributed by atoms with Crippen LogP contribution in [-0.4, -0.2) is 60.4 Å². The smallest absolute Gasteiger partial charge is 0.300 e. The van der Waals surface area contributed by atoms with Crippen LogP contribution >= 0.6 is 11.6 Å². The molecule has 4 heterocycles. The molecule has 0 aliphatic carbocycles. The lowest BCUT2D eigenvalue weighted by Gasteiger charge is -2.24. The van der Waals surface area contributed by atoms with Gasteiger partial charge in [-0.05, 0) is 12.1 Å². The van der Waals surface area contributed by atoms with E-state index >= 15 is 0 Å². The molecule has 0 radical (unpaired) electrons. The van der Waals surface area contributed by atoms with Crippen molar-refractivity contribution in [2.45, 2.75) is 0 Å². The zero-order valence-corrected chi connectivity index (χ0v) is 17.5. The summed E-state index contributed by atoms with van der Waals surface area (Å²) in [4.78, 5) is 31.7. The number of pyridine rings is 2. The highest BCUT2D eigenvalue weighted by atomic mass is 35.5. The lowest BCUT2D eigenvalue weighted by molar-refractivity contribution is 0.102. The minimum atomic E-state index is -0.476. The zero-order valence-electron chi connectivity index (χ0n) is 16.7. The second kappa shape index (κ2) is 9.11. The Kier molecular flexibility index (Phi) is 6.10. The predicted molar refractivity (Wildman–Crippen MR) is 119 cm³/mol. The van der Waals surface area contributed by atoms with Crippen molar-refractivity contribution in [1.29, 1.82) is 0 Å². The fourth-order valence-electron chi connectivity index (χ4n) is 3.06. The SMILES string of the molecule is CN=C/C(=C\N)c1cccc(NC(=O)c2cc3oc(N4CCOCC4)nc3nc2Cl)n1. The van der Waals surface area contributed by atoms with Gasteiger partial charge < -0.3 is 25.1 Å². The first kappa shape index (κ1) is 20.8. The molecule has 0 atom stereocenters. The van der Waals surface area contributed by atoms with Gasteiger partial charge in [0.05, 0.1) is 24.5 Å². The molecule has 10 nitrogen and oxygen atoms in total. The van der Waals surface area contributed by atoms with Crippen LogP contribution < -0.4 is 16.0 Å². The van der Waals surface area contributed by atoms with Gasteiger partial charge in [0.1, 0.15) is 11.0 Å². The van der Waals surface area contributed by atoms with E-state index in [4.69, 9.17) is 26.5 Å². The Morgan fingerprint density at radius 3 is 2.84 bits per heavy atom. The first-order chi connectivity index (χ1) is 15.1. The van der Waals surface area contributed by atoms with Crippen molar-refractivity contribution < 1.29 is 13.9 Å². The second-order valence-electron chi connectivity index (χ2n) is 6.62. The molecule has 0 bridgehead atoms. The molecule has 3 N–H and O–H groups in total. The standard InChI is InChI=1S/C20H20ClN7O3/c1-23-11-12(10-22)14-3-2-4-16(24-14)25-19(29)13-9-15-18(26-17(13)21)27-20(31-15)28-5-7-30-8-6-28/h2-4,9-11H,5-8,22H2,1H3,(H,24,25,29)/b12-10+,23-11?. The summed E-state index contributed by atoms with van der Waals surface area (Å²) in [6.07, 6.45) is 2.98. The predicted octanol–water partition coefficient (Wildman–Crippen LogP) is 2.36. The number of morpholine rings is 1. The summed E-state index contributed by atoms with van der Waals surface area (Å²) in [7, 11) is 1.63. The van der Waals surface area contributed by atoms with Crippen LogP contribution in [-0.2, 0) is 4.74 Å². The van der Waals surface area contributed by atoms with E-state index in [-0.39, 0.29) is 10.7 Å². The number of nitrogens with two attached hydrogens (primary N) is 1. The molecule has 1 saturated heterocycles. The van der Waals surface area contributed by atoms with E-state index < -0.39 is 5.91 Å². The van der Waals surface area contributed by atoms with Crippen molar-refractivity contribution in [2.24, 2.45) is 10.7 Å².